The second-order valence-corrected chi connectivity index (χ2v) is 23.2. The highest BCUT2D eigenvalue weighted by molar-refractivity contribution is 7.62. The van der Waals surface area contributed by atoms with E-state index < -0.39 is 0 Å². The van der Waals surface area contributed by atoms with E-state index in [1.165, 1.54) is 11.4 Å². The third-order valence-electron chi connectivity index (χ3n) is 5.88. The lowest BCUT2D eigenvalue weighted by molar-refractivity contribution is 0.576. The van der Waals surface area contributed by atoms with Crippen LogP contribution in [-0.4, -0.2) is 44.4 Å². The van der Waals surface area contributed by atoms with E-state index in [-0.39, 0.29) is 47.3 Å². The molecule has 0 saturated carbocycles. The van der Waals surface area contributed by atoms with Gasteiger partial charge in [-0.1, -0.05) is 140 Å². The number of rotatable bonds is 5. The van der Waals surface area contributed by atoms with Crippen molar-refractivity contribution < 1.29 is 0 Å². The quantitative estimate of drug-likeness (QED) is 0.211. The average molecular weight is 485 g/mol. The van der Waals surface area contributed by atoms with Gasteiger partial charge in [-0.15, -0.1) is 0 Å². The molecule has 190 valence electrons. The molecule has 0 saturated heterocycles. The zero-order chi connectivity index (χ0) is 26.1. The SMILES string of the molecule is CC(C)(C)/C(CP(C(C)(C)C)C(C)(C)C)=N\N=C(\CP(C(C)(C)C)C(C)(C)C)C(C)(C)C. The van der Waals surface area contributed by atoms with Crippen LogP contribution in [0, 0.1) is 10.8 Å². The van der Waals surface area contributed by atoms with Crippen LogP contribution in [0.15, 0.2) is 10.2 Å². The van der Waals surface area contributed by atoms with Gasteiger partial charge in [0.15, 0.2) is 0 Å². The summed E-state index contributed by atoms with van der Waals surface area (Å²) >= 11 is 0. The molecule has 0 fully saturated rings. The Bertz CT molecular complexity index is 573. The molecule has 4 heteroatoms. The van der Waals surface area contributed by atoms with Gasteiger partial charge < -0.3 is 0 Å². The Labute approximate surface area is 205 Å². The molecule has 0 rings (SSSR count). The van der Waals surface area contributed by atoms with Gasteiger partial charge in [0.2, 0.25) is 0 Å². The molecule has 0 N–H and O–H groups in total. The maximum Gasteiger partial charge on any atom is 0.0502 e. The maximum atomic E-state index is 5.08. The van der Waals surface area contributed by atoms with Gasteiger partial charge in [-0.2, -0.15) is 10.2 Å². The van der Waals surface area contributed by atoms with Crippen LogP contribution in [-0.2, 0) is 0 Å². The summed E-state index contributed by atoms with van der Waals surface area (Å²) in [7, 11) is -0.510. The fourth-order valence-corrected chi connectivity index (χ4v) is 11.8. The monoisotopic (exact) mass is 484 g/mol. The molecule has 0 heterocycles. The minimum atomic E-state index is -0.255. The summed E-state index contributed by atoms with van der Waals surface area (Å²) in [4.78, 5) is 0. The molecule has 0 atom stereocenters. The number of hydrogen-bond acceptors (Lipinski definition) is 2. The molecule has 0 bridgehead atoms. The summed E-state index contributed by atoms with van der Waals surface area (Å²) in [6.07, 6.45) is 2.11. The topological polar surface area (TPSA) is 24.7 Å². The van der Waals surface area contributed by atoms with Crippen LogP contribution >= 0.6 is 15.8 Å². The van der Waals surface area contributed by atoms with Crippen molar-refractivity contribution in [2.75, 3.05) is 12.3 Å². The predicted octanol–water partition coefficient (Wildman–Crippen LogP) is 10.0. The van der Waals surface area contributed by atoms with Crippen molar-refractivity contribution in [2.45, 2.75) is 145 Å². The molecule has 0 aliphatic carbocycles. The minimum absolute atomic E-state index is 0.0162. The van der Waals surface area contributed by atoms with Crippen LogP contribution in [0.4, 0.5) is 0 Å². The van der Waals surface area contributed by atoms with Crippen LogP contribution in [0.25, 0.3) is 0 Å². The molecular weight excluding hydrogens is 426 g/mol. The van der Waals surface area contributed by atoms with Gasteiger partial charge in [0.1, 0.15) is 0 Å². The van der Waals surface area contributed by atoms with Crippen molar-refractivity contribution >= 4 is 27.3 Å². The molecule has 0 aromatic carbocycles. The van der Waals surface area contributed by atoms with E-state index in [0.29, 0.717) is 0 Å². The van der Waals surface area contributed by atoms with Gasteiger partial charge in [0.05, 0.1) is 11.4 Å². The van der Waals surface area contributed by atoms with Gasteiger partial charge in [-0.05, 0) is 20.6 Å². The van der Waals surface area contributed by atoms with Gasteiger partial charge in [0.25, 0.3) is 0 Å². The van der Waals surface area contributed by atoms with Crippen LogP contribution < -0.4 is 0 Å². The summed E-state index contributed by atoms with van der Waals surface area (Å²) in [6.45, 7) is 42.6. The van der Waals surface area contributed by atoms with Crippen molar-refractivity contribution in [3.8, 4) is 0 Å². The van der Waals surface area contributed by atoms with Crippen molar-refractivity contribution in [1.29, 1.82) is 0 Å². The molecule has 0 aliphatic heterocycles. The number of hydrogen-bond donors (Lipinski definition) is 0. The molecule has 32 heavy (non-hydrogen) atoms. The minimum Gasteiger partial charge on any atom is -0.159 e. The molecule has 0 radical (unpaired) electrons. The largest absolute Gasteiger partial charge is 0.159 e. The Morgan fingerprint density at radius 1 is 0.406 bits per heavy atom. The normalized spacial score (nSPS) is 16.4. The maximum absolute atomic E-state index is 5.08. The Balaban J connectivity index is 6.51. The van der Waals surface area contributed by atoms with Gasteiger partial charge in [-0.3, -0.25) is 0 Å². The van der Waals surface area contributed by atoms with Gasteiger partial charge in [-0.25, -0.2) is 0 Å². The van der Waals surface area contributed by atoms with Gasteiger partial charge >= 0.3 is 0 Å². The zero-order valence-electron chi connectivity index (χ0n) is 25.2. The highest BCUT2D eigenvalue weighted by atomic mass is 31.1. The Morgan fingerprint density at radius 2 is 0.594 bits per heavy atom. The van der Waals surface area contributed by atoms with Gasteiger partial charge in [0, 0.05) is 23.2 Å². The van der Waals surface area contributed by atoms with Crippen LogP contribution in [0.3, 0.4) is 0 Å². The second-order valence-electron chi connectivity index (χ2n) is 15.4. The summed E-state index contributed by atoms with van der Waals surface area (Å²) in [5, 5.41) is 11.3. The van der Waals surface area contributed by atoms with Crippen LogP contribution in [0.1, 0.15) is 125 Å². The van der Waals surface area contributed by atoms with Crippen molar-refractivity contribution in [3.63, 3.8) is 0 Å². The first-order chi connectivity index (χ1) is 13.7. The molecule has 0 aliphatic rings. The summed E-state index contributed by atoms with van der Waals surface area (Å²) in [5.41, 5.74) is 2.54. The molecule has 0 spiro atoms. The summed E-state index contributed by atoms with van der Waals surface area (Å²) in [6, 6.07) is 0. The molecular formula is C28H58N2P2. The highest BCUT2D eigenvalue weighted by Gasteiger charge is 2.38. The van der Waals surface area contributed by atoms with E-state index in [0.717, 1.165) is 12.3 Å². The zero-order valence-corrected chi connectivity index (χ0v) is 27.0. The highest BCUT2D eigenvalue weighted by Crippen LogP contribution is 2.61. The Kier molecular flexibility index (Phi) is 10.5. The van der Waals surface area contributed by atoms with Crippen LogP contribution in [0.2, 0.25) is 0 Å². The van der Waals surface area contributed by atoms with E-state index in [9.17, 15) is 0 Å². The Morgan fingerprint density at radius 3 is 0.719 bits per heavy atom. The summed E-state index contributed by atoms with van der Waals surface area (Å²) < 4.78 is 0. The number of nitrogens with zero attached hydrogens (tertiary/aromatic N) is 2. The fourth-order valence-electron chi connectivity index (χ4n) is 4.22. The van der Waals surface area contributed by atoms with E-state index in [4.69, 9.17) is 10.2 Å². The van der Waals surface area contributed by atoms with Crippen molar-refractivity contribution in [2.24, 2.45) is 21.0 Å². The first kappa shape index (κ1) is 32.2. The standard InChI is InChI=1S/C28H58N2P2/c1-23(2,3)21(19-31(25(7,8)9)26(10,11)12)29-30-22(24(4,5)6)20-32(27(13,14)15)28(16,17)18/h19-20H2,1-18H3/b29-21-,30-22-. The fraction of sp³-hybridized carbons (Fsp3) is 0.929. The van der Waals surface area contributed by atoms with E-state index in [2.05, 4.69) is 125 Å². The molecule has 0 unspecified atom stereocenters. The summed E-state index contributed by atoms with van der Waals surface area (Å²) in [5.74, 6) is 0. The van der Waals surface area contributed by atoms with E-state index in [1.807, 2.05) is 0 Å². The third kappa shape index (κ3) is 10.6. The predicted molar refractivity (Wildman–Crippen MR) is 156 cm³/mol. The second kappa shape index (κ2) is 10.4. The lowest BCUT2D eigenvalue weighted by Gasteiger charge is -2.43. The smallest absolute Gasteiger partial charge is 0.0502 e. The van der Waals surface area contributed by atoms with Crippen molar-refractivity contribution in [3.05, 3.63) is 0 Å². The van der Waals surface area contributed by atoms with Crippen molar-refractivity contribution in [1.82, 2.24) is 0 Å². The lowest BCUT2D eigenvalue weighted by atomic mass is 9.90. The molecule has 0 aromatic heterocycles. The van der Waals surface area contributed by atoms with Crippen LogP contribution in [0.5, 0.6) is 0 Å². The Hall–Kier alpha value is 0.200. The first-order valence-electron chi connectivity index (χ1n) is 12.4. The lowest BCUT2D eigenvalue weighted by Crippen LogP contribution is -2.34. The van der Waals surface area contributed by atoms with E-state index in [1.54, 1.807) is 0 Å². The van der Waals surface area contributed by atoms with E-state index >= 15 is 0 Å². The molecule has 2 nitrogen and oxygen atoms in total. The molecule has 0 aromatic rings. The molecule has 0 amide bonds. The third-order valence-corrected chi connectivity index (χ3v) is 13.6. The average Bonchev–Trinajstić information content (AvgIpc) is 2.41. The first-order valence-corrected chi connectivity index (χ1v) is 15.4.